The molecule has 2 rings (SSSR count). The van der Waals surface area contributed by atoms with Gasteiger partial charge in [0.2, 0.25) is 0 Å². The first-order chi connectivity index (χ1) is 11.2. The maximum atomic E-state index is 13.5. The second-order valence-corrected chi connectivity index (χ2v) is 7.85. The summed E-state index contributed by atoms with van der Waals surface area (Å²) < 4.78 is 28.7. The van der Waals surface area contributed by atoms with Crippen LogP contribution >= 0.6 is 11.6 Å². The maximum Gasteiger partial charge on any atom is 0.150 e. The van der Waals surface area contributed by atoms with Crippen molar-refractivity contribution in [3.8, 4) is 0 Å². The Kier molecular flexibility index (Phi) is 7.43. The molecule has 0 saturated carbocycles. The average Bonchev–Trinajstić information content (AvgIpc) is 2.53. The van der Waals surface area contributed by atoms with E-state index < -0.39 is 16.8 Å². The summed E-state index contributed by atoms with van der Waals surface area (Å²) in [6, 6.07) is 10.4. The van der Waals surface area contributed by atoms with E-state index in [9.17, 15) is 8.60 Å². The second-order valence-electron chi connectivity index (χ2n) is 6.23. The van der Waals surface area contributed by atoms with Crippen LogP contribution in [-0.4, -0.2) is 4.21 Å². The van der Waals surface area contributed by atoms with E-state index in [1.54, 1.807) is 6.92 Å². The molecule has 0 radical (unpaired) electrons. The number of hydrogen-bond acceptors (Lipinski definition) is 1. The zero-order valence-corrected chi connectivity index (χ0v) is 16.6. The highest BCUT2D eigenvalue weighted by molar-refractivity contribution is 7.86. The number of benzene rings is 2. The number of anilines is 1. The molecule has 0 aliphatic rings. The monoisotopic (exact) mass is 369 g/mol. The molecule has 0 aliphatic carbocycles. The van der Waals surface area contributed by atoms with Crippen molar-refractivity contribution in [3.05, 3.63) is 58.4 Å². The Balaban J connectivity index is 0.00000139. The summed E-state index contributed by atoms with van der Waals surface area (Å²) in [6.45, 7) is 12.2. The minimum Gasteiger partial charge on any atom is -0.301 e. The number of aryl methyl sites for hydroxylation is 1. The average molecular weight is 370 g/mol. The van der Waals surface area contributed by atoms with Crippen LogP contribution in [0.4, 0.5) is 10.1 Å². The molecule has 0 aromatic heterocycles. The van der Waals surface area contributed by atoms with Crippen molar-refractivity contribution in [2.24, 2.45) is 0 Å². The van der Waals surface area contributed by atoms with Gasteiger partial charge in [0.1, 0.15) is 16.8 Å². The molecule has 0 fully saturated rings. The largest absolute Gasteiger partial charge is 0.301 e. The summed E-state index contributed by atoms with van der Waals surface area (Å²) in [6.07, 6.45) is 0. The highest BCUT2D eigenvalue weighted by Gasteiger charge is 2.14. The fraction of sp³-hybridized carbons (Fsp3) is 0.368. The van der Waals surface area contributed by atoms with Crippen molar-refractivity contribution in [2.45, 2.75) is 51.9 Å². The quantitative estimate of drug-likeness (QED) is 0.681. The van der Waals surface area contributed by atoms with Crippen molar-refractivity contribution >= 4 is 28.3 Å². The Labute approximate surface area is 152 Å². The minimum atomic E-state index is -1.45. The molecule has 1 unspecified atom stereocenters. The molecule has 2 aromatic carbocycles. The van der Waals surface area contributed by atoms with Gasteiger partial charge in [0.05, 0.1) is 15.6 Å². The SMILES string of the molecule is CC.Cc1cc(Cl)c(F)cc1NS(=O)c1ccc(C(C)(C)C)cc1. The van der Waals surface area contributed by atoms with Gasteiger partial charge in [-0.2, -0.15) is 0 Å². The first-order valence-corrected chi connectivity index (χ1v) is 9.46. The summed E-state index contributed by atoms with van der Waals surface area (Å²) in [7, 11) is -1.45. The Hall–Kier alpha value is -1.39. The molecule has 0 saturated heterocycles. The molecule has 0 aliphatic heterocycles. The van der Waals surface area contributed by atoms with E-state index in [-0.39, 0.29) is 10.4 Å². The predicted octanol–water partition coefficient (Wildman–Crippen LogP) is 6.25. The van der Waals surface area contributed by atoms with E-state index in [0.29, 0.717) is 10.6 Å². The number of rotatable bonds is 3. The topological polar surface area (TPSA) is 29.1 Å². The summed E-state index contributed by atoms with van der Waals surface area (Å²) in [5.41, 5.74) is 2.43. The Morgan fingerprint density at radius 2 is 1.62 bits per heavy atom. The lowest BCUT2D eigenvalue weighted by Gasteiger charge is -2.19. The third kappa shape index (κ3) is 5.32. The number of halogens is 2. The van der Waals surface area contributed by atoms with Gasteiger partial charge in [-0.05, 0) is 47.7 Å². The Morgan fingerprint density at radius 3 is 2.12 bits per heavy atom. The Bertz CT molecular complexity index is 709. The number of nitrogens with one attached hydrogen (secondary N) is 1. The normalized spacial score (nSPS) is 12.2. The lowest BCUT2D eigenvalue weighted by molar-refractivity contribution is 0.589. The Morgan fingerprint density at radius 1 is 1.08 bits per heavy atom. The van der Waals surface area contributed by atoms with Crippen LogP contribution in [0.15, 0.2) is 41.3 Å². The van der Waals surface area contributed by atoms with E-state index in [4.69, 9.17) is 11.6 Å². The predicted molar refractivity (Wildman–Crippen MR) is 103 cm³/mol. The zero-order valence-electron chi connectivity index (χ0n) is 15.0. The van der Waals surface area contributed by atoms with Gasteiger partial charge < -0.3 is 4.72 Å². The van der Waals surface area contributed by atoms with Crippen LogP contribution in [0, 0.1) is 12.7 Å². The molecule has 0 spiro atoms. The summed E-state index contributed by atoms with van der Waals surface area (Å²) >= 11 is 5.72. The van der Waals surface area contributed by atoms with Gasteiger partial charge >= 0.3 is 0 Å². The lowest BCUT2D eigenvalue weighted by atomic mass is 9.87. The van der Waals surface area contributed by atoms with Crippen LogP contribution in [-0.2, 0) is 16.4 Å². The van der Waals surface area contributed by atoms with Crippen LogP contribution in [0.2, 0.25) is 5.02 Å². The van der Waals surface area contributed by atoms with Gasteiger partial charge in [0, 0.05) is 0 Å². The van der Waals surface area contributed by atoms with Crippen LogP contribution in [0.3, 0.4) is 0 Å². The lowest BCUT2D eigenvalue weighted by Crippen LogP contribution is -2.11. The second kappa shape index (κ2) is 8.63. The number of hydrogen-bond donors (Lipinski definition) is 1. The zero-order chi connectivity index (χ0) is 18.5. The molecule has 0 bridgehead atoms. The van der Waals surface area contributed by atoms with Gasteiger partial charge in [0.15, 0.2) is 0 Å². The first kappa shape index (κ1) is 20.7. The van der Waals surface area contributed by atoms with Crippen LogP contribution in [0.1, 0.15) is 45.7 Å². The molecule has 0 amide bonds. The molecular formula is C19H25ClFNOS. The van der Waals surface area contributed by atoms with Gasteiger partial charge in [-0.25, -0.2) is 8.60 Å². The smallest absolute Gasteiger partial charge is 0.150 e. The van der Waals surface area contributed by atoms with Crippen molar-refractivity contribution in [2.75, 3.05) is 4.72 Å². The van der Waals surface area contributed by atoms with Crippen molar-refractivity contribution in [1.82, 2.24) is 0 Å². The highest BCUT2D eigenvalue weighted by atomic mass is 35.5. The highest BCUT2D eigenvalue weighted by Crippen LogP contribution is 2.26. The molecule has 2 nitrogen and oxygen atoms in total. The van der Waals surface area contributed by atoms with E-state index in [2.05, 4.69) is 25.5 Å². The fourth-order valence-electron chi connectivity index (χ4n) is 1.99. The molecular weight excluding hydrogens is 345 g/mol. The molecule has 1 N–H and O–H groups in total. The van der Waals surface area contributed by atoms with Crippen LogP contribution in [0.25, 0.3) is 0 Å². The van der Waals surface area contributed by atoms with Crippen molar-refractivity contribution in [1.29, 1.82) is 0 Å². The van der Waals surface area contributed by atoms with Gasteiger partial charge in [-0.3, -0.25) is 0 Å². The van der Waals surface area contributed by atoms with Crippen molar-refractivity contribution in [3.63, 3.8) is 0 Å². The summed E-state index contributed by atoms with van der Waals surface area (Å²) in [5, 5.41) is 0.0587. The minimum absolute atomic E-state index is 0.0450. The third-order valence-electron chi connectivity index (χ3n) is 3.40. The molecule has 0 heterocycles. The molecule has 5 heteroatoms. The van der Waals surface area contributed by atoms with E-state index in [1.807, 2.05) is 38.1 Å². The van der Waals surface area contributed by atoms with Crippen molar-refractivity contribution < 1.29 is 8.60 Å². The first-order valence-electron chi connectivity index (χ1n) is 7.93. The fourth-order valence-corrected chi connectivity index (χ4v) is 3.13. The van der Waals surface area contributed by atoms with E-state index >= 15 is 0 Å². The summed E-state index contributed by atoms with van der Waals surface area (Å²) in [4.78, 5) is 0.641. The standard InChI is InChI=1S/C17H19ClFNOS.C2H6/c1-11-9-14(18)15(19)10-16(11)20-22(21)13-7-5-12(6-8-13)17(2,3)4;1-2/h5-10,20H,1-4H3;1-2H3. The van der Waals surface area contributed by atoms with Crippen LogP contribution < -0.4 is 4.72 Å². The molecule has 1 atom stereocenters. The summed E-state index contributed by atoms with van der Waals surface area (Å²) in [5.74, 6) is -0.533. The van der Waals surface area contributed by atoms with E-state index in [0.717, 1.165) is 5.56 Å². The van der Waals surface area contributed by atoms with Gasteiger partial charge in [0.25, 0.3) is 0 Å². The molecule has 132 valence electrons. The van der Waals surface area contributed by atoms with E-state index in [1.165, 1.54) is 17.7 Å². The van der Waals surface area contributed by atoms with Gasteiger partial charge in [-0.1, -0.05) is 58.4 Å². The van der Waals surface area contributed by atoms with Crippen LogP contribution in [0.5, 0.6) is 0 Å². The van der Waals surface area contributed by atoms with Gasteiger partial charge in [-0.15, -0.1) is 0 Å². The molecule has 24 heavy (non-hydrogen) atoms. The maximum absolute atomic E-state index is 13.5. The molecule has 2 aromatic rings. The third-order valence-corrected chi connectivity index (χ3v) is 4.80.